The van der Waals surface area contributed by atoms with E-state index in [0.717, 1.165) is 25.0 Å². The van der Waals surface area contributed by atoms with E-state index in [0.29, 0.717) is 6.04 Å². The molecule has 0 aromatic carbocycles. The molecule has 2 rings (SSSR count). The fourth-order valence-corrected chi connectivity index (χ4v) is 2.62. The van der Waals surface area contributed by atoms with E-state index in [1.807, 2.05) is 0 Å². The standard InChI is InChI=1S/C11H21NO/c1-9(2)12-5-3-10-4-6-13-8-11(10)7-12/h9-11H,3-8H2,1-2H3. The van der Waals surface area contributed by atoms with Gasteiger partial charge in [-0.25, -0.2) is 0 Å². The lowest BCUT2D eigenvalue weighted by Gasteiger charge is -2.42. The first-order valence-electron chi connectivity index (χ1n) is 5.59. The van der Waals surface area contributed by atoms with E-state index in [2.05, 4.69) is 18.7 Å². The van der Waals surface area contributed by atoms with Crippen LogP contribution in [0, 0.1) is 11.8 Å². The third kappa shape index (κ3) is 2.05. The average Bonchev–Trinajstić information content (AvgIpc) is 2.17. The first kappa shape index (κ1) is 9.47. The minimum Gasteiger partial charge on any atom is -0.381 e. The molecule has 13 heavy (non-hydrogen) atoms. The first-order chi connectivity index (χ1) is 6.27. The SMILES string of the molecule is CC(C)N1CCC2CCOCC2C1. The summed E-state index contributed by atoms with van der Waals surface area (Å²) in [7, 11) is 0. The summed E-state index contributed by atoms with van der Waals surface area (Å²) in [5.41, 5.74) is 0. The summed E-state index contributed by atoms with van der Waals surface area (Å²) in [6.07, 6.45) is 2.70. The normalized spacial score (nSPS) is 36.2. The fraction of sp³-hybridized carbons (Fsp3) is 1.00. The molecule has 0 saturated carbocycles. The second-order valence-electron chi connectivity index (χ2n) is 4.76. The third-order valence-corrected chi connectivity index (χ3v) is 3.62. The van der Waals surface area contributed by atoms with Crippen molar-refractivity contribution >= 4 is 0 Å². The maximum Gasteiger partial charge on any atom is 0.0509 e. The van der Waals surface area contributed by atoms with Gasteiger partial charge in [-0.1, -0.05) is 0 Å². The van der Waals surface area contributed by atoms with Crippen LogP contribution < -0.4 is 0 Å². The Kier molecular flexibility index (Phi) is 2.89. The van der Waals surface area contributed by atoms with Gasteiger partial charge in [0.2, 0.25) is 0 Å². The molecule has 0 aromatic heterocycles. The summed E-state index contributed by atoms with van der Waals surface area (Å²) >= 11 is 0. The molecule has 2 heterocycles. The van der Waals surface area contributed by atoms with Crippen LogP contribution in [0.15, 0.2) is 0 Å². The largest absolute Gasteiger partial charge is 0.381 e. The molecule has 2 saturated heterocycles. The molecule has 2 unspecified atom stereocenters. The Hall–Kier alpha value is -0.0800. The van der Waals surface area contributed by atoms with Crippen LogP contribution >= 0.6 is 0 Å². The van der Waals surface area contributed by atoms with Crippen molar-refractivity contribution in [1.29, 1.82) is 0 Å². The van der Waals surface area contributed by atoms with Gasteiger partial charge in [0.15, 0.2) is 0 Å². The molecule has 2 heteroatoms. The average molecular weight is 183 g/mol. The number of fused-ring (bicyclic) bond motifs is 1. The molecule has 2 aliphatic heterocycles. The van der Waals surface area contributed by atoms with Gasteiger partial charge in [0.1, 0.15) is 0 Å². The van der Waals surface area contributed by atoms with Gasteiger partial charge in [-0.3, -0.25) is 0 Å². The number of likely N-dealkylation sites (tertiary alicyclic amines) is 1. The van der Waals surface area contributed by atoms with Gasteiger partial charge in [0, 0.05) is 19.2 Å². The van der Waals surface area contributed by atoms with Crippen LogP contribution in [0.25, 0.3) is 0 Å². The van der Waals surface area contributed by atoms with Crippen molar-refractivity contribution in [3.8, 4) is 0 Å². The highest BCUT2D eigenvalue weighted by atomic mass is 16.5. The molecule has 2 atom stereocenters. The van der Waals surface area contributed by atoms with Crippen LogP contribution in [0.4, 0.5) is 0 Å². The molecule has 0 aromatic rings. The van der Waals surface area contributed by atoms with Crippen molar-refractivity contribution in [2.75, 3.05) is 26.3 Å². The smallest absolute Gasteiger partial charge is 0.0509 e. The van der Waals surface area contributed by atoms with E-state index >= 15 is 0 Å². The van der Waals surface area contributed by atoms with Crippen molar-refractivity contribution in [3.63, 3.8) is 0 Å². The minimum absolute atomic E-state index is 0.711. The number of piperidine rings is 1. The number of nitrogens with zero attached hydrogens (tertiary/aromatic N) is 1. The Labute approximate surface area is 81.3 Å². The Balaban J connectivity index is 1.91. The van der Waals surface area contributed by atoms with Gasteiger partial charge in [-0.05, 0) is 45.1 Å². The predicted molar refractivity (Wildman–Crippen MR) is 53.7 cm³/mol. The molecule has 0 bridgehead atoms. The second kappa shape index (κ2) is 3.97. The van der Waals surface area contributed by atoms with E-state index in [1.165, 1.54) is 25.9 Å². The zero-order valence-corrected chi connectivity index (χ0v) is 8.83. The monoisotopic (exact) mass is 183 g/mol. The summed E-state index contributed by atoms with van der Waals surface area (Å²) in [5, 5.41) is 0. The van der Waals surface area contributed by atoms with E-state index in [4.69, 9.17) is 4.74 Å². The van der Waals surface area contributed by atoms with Crippen LogP contribution in [0.2, 0.25) is 0 Å². The van der Waals surface area contributed by atoms with Crippen LogP contribution in [-0.4, -0.2) is 37.2 Å². The molecule has 0 radical (unpaired) electrons. The molecule has 0 spiro atoms. The summed E-state index contributed by atoms with van der Waals surface area (Å²) in [6, 6.07) is 0.711. The van der Waals surface area contributed by atoms with Crippen molar-refractivity contribution in [3.05, 3.63) is 0 Å². The van der Waals surface area contributed by atoms with E-state index in [1.54, 1.807) is 0 Å². The fourth-order valence-electron chi connectivity index (χ4n) is 2.62. The van der Waals surface area contributed by atoms with E-state index in [-0.39, 0.29) is 0 Å². The minimum atomic E-state index is 0.711. The maximum absolute atomic E-state index is 5.54. The molecular weight excluding hydrogens is 162 g/mol. The molecule has 2 aliphatic rings. The quantitative estimate of drug-likeness (QED) is 0.614. The number of hydrogen-bond donors (Lipinski definition) is 0. The Morgan fingerprint density at radius 3 is 2.85 bits per heavy atom. The van der Waals surface area contributed by atoms with Gasteiger partial charge in [-0.15, -0.1) is 0 Å². The van der Waals surface area contributed by atoms with Gasteiger partial charge in [-0.2, -0.15) is 0 Å². The highest BCUT2D eigenvalue weighted by Crippen LogP contribution is 2.30. The summed E-state index contributed by atoms with van der Waals surface area (Å²) in [6.45, 7) is 9.17. The van der Waals surface area contributed by atoms with Crippen LogP contribution in [0.3, 0.4) is 0 Å². The zero-order valence-electron chi connectivity index (χ0n) is 8.83. The topological polar surface area (TPSA) is 12.5 Å². The van der Waals surface area contributed by atoms with E-state index in [9.17, 15) is 0 Å². The Bertz CT molecular complexity index is 169. The number of hydrogen-bond acceptors (Lipinski definition) is 2. The molecule has 76 valence electrons. The highest BCUT2D eigenvalue weighted by molar-refractivity contribution is 4.83. The lowest BCUT2D eigenvalue weighted by Crippen LogP contribution is -2.47. The molecular formula is C11H21NO. The second-order valence-corrected chi connectivity index (χ2v) is 4.76. The van der Waals surface area contributed by atoms with Crippen LogP contribution in [0.5, 0.6) is 0 Å². The van der Waals surface area contributed by atoms with Crippen LogP contribution in [-0.2, 0) is 4.74 Å². The molecule has 0 amide bonds. The van der Waals surface area contributed by atoms with E-state index < -0.39 is 0 Å². The van der Waals surface area contributed by atoms with Crippen LogP contribution in [0.1, 0.15) is 26.7 Å². The maximum atomic E-state index is 5.54. The first-order valence-corrected chi connectivity index (χ1v) is 5.59. The van der Waals surface area contributed by atoms with Crippen molar-refractivity contribution in [2.45, 2.75) is 32.7 Å². The van der Waals surface area contributed by atoms with Crippen molar-refractivity contribution < 1.29 is 4.74 Å². The summed E-state index contributed by atoms with van der Waals surface area (Å²) < 4.78 is 5.54. The molecule has 2 nitrogen and oxygen atoms in total. The Morgan fingerprint density at radius 1 is 1.23 bits per heavy atom. The lowest BCUT2D eigenvalue weighted by atomic mass is 9.82. The zero-order chi connectivity index (χ0) is 9.26. The van der Waals surface area contributed by atoms with Gasteiger partial charge >= 0.3 is 0 Å². The van der Waals surface area contributed by atoms with Gasteiger partial charge in [0.25, 0.3) is 0 Å². The predicted octanol–water partition coefficient (Wildman–Crippen LogP) is 1.75. The lowest BCUT2D eigenvalue weighted by molar-refractivity contribution is -0.0306. The summed E-state index contributed by atoms with van der Waals surface area (Å²) in [4.78, 5) is 2.59. The number of ether oxygens (including phenoxy) is 1. The molecule has 0 N–H and O–H groups in total. The van der Waals surface area contributed by atoms with Crippen molar-refractivity contribution in [2.24, 2.45) is 11.8 Å². The van der Waals surface area contributed by atoms with Crippen molar-refractivity contribution in [1.82, 2.24) is 4.90 Å². The number of rotatable bonds is 1. The van der Waals surface area contributed by atoms with Gasteiger partial charge in [0.05, 0.1) is 6.61 Å². The Morgan fingerprint density at radius 2 is 2.08 bits per heavy atom. The third-order valence-electron chi connectivity index (χ3n) is 3.62. The molecule has 0 aliphatic carbocycles. The molecule has 2 fully saturated rings. The van der Waals surface area contributed by atoms with Gasteiger partial charge < -0.3 is 9.64 Å². The summed E-state index contributed by atoms with van der Waals surface area (Å²) in [5.74, 6) is 1.79. The highest BCUT2D eigenvalue weighted by Gasteiger charge is 2.32.